The number of ether oxygens (including phenoxy) is 1. The van der Waals surface area contributed by atoms with Crippen molar-refractivity contribution in [1.29, 1.82) is 0 Å². The number of aromatic nitrogens is 3. The number of nitrogens with zero attached hydrogens (tertiary/aromatic N) is 3. The van der Waals surface area contributed by atoms with Gasteiger partial charge in [-0.3, -0.25) is 4.79 Å². The van der Waals surface area contributed by atoms with E-state index in [0.717, 1.165) is 28.2 Å². The van der Waals surface area contributed by atoms with E-state index in [9.17, 15) is 4.79 Å². The molecular weight excluding hydrogens is 364 g/mol. The molecule has 0 radical (unpaired) electrons. The number of benzene rings is 2. The Morgan fingerprint density at radius 2 is 1.86 bits per heavy atom. The van der Waals surface area contributed by atoms with Crippen molar-refractivity contribution < 1.29 is 9.53 Å². The van der Waals surface area contributed by atoms with E-state index in [0.29, 0.717) is 17.0 Å². The van der Waals surface area contributed by atoms with Crippen molar-refractivity contribution in [2.24, 2.45) is 0 Å². The van der Waals surface area contributed by atoms with Crippen molar-refractivity contribution in [2.75, 3.05) is 12.4 Å². The summed E-state index contributed by atoms with van der Waals surface area (Å²) in [6.45, 7) is 5.89. The van der Waals surface area contributed by atoms with Crippen molar-refractivity contribution in [2.45, 2.75) is 20.8 Å². The molecule has 0 bridgehead atoms. The molecule has 0 atom stereocenters. The fraction of sp³-hybridized carbons (Fsp3) is 0.174. The number of para-hydroxylation sites is 2. The fourth-order valence-corrected chi connectivity index (χ4v) is 3.50. The molecule has 2 aromatic heterocycles. The Hall–Kier alpha value is -3.67. The van der Waals surface area contributed by atoms with Gasteiger partial charge in [0.1, 0.15) is 5.75 Å². The first-order valence-electron chi connectivity index (χ1n) is 9.36. The van der Waals surface area contributed by atoms with Crippen LogP contribution in [0.2, 0.25) is 0 Å². The number of anilines is 1. The second kappa shape index (κ2) is 7.39. The third kappa shape index (κ3) is 3.33. The van der Waals surface area contributed by atoms with Gasteiger partial charge in [-0.1, -0.05) is 42.0 Å². The number of rotatable bonds is 4. The quantitative estimate of drug-likeness (QED) is 0.557. The average Bonchev–Trinajstić information content (AvgIpc) is 3.05. The minimum atomic E-state index is -0.258. The van der Waals surface area contributed by atoms with Crippen molar-refractivity contribution in [3.8, 4) is 16.9 Å². The monoisotopic (exact) mass is 386 g/mol. The van der Waals surface area contributed by atoms with Gasteiger partial charge in [-0.05, 0) is 38.5 Å². The molecule has 0 aliphatic rings. The molecule has 146 valence electrons. The molecule has 0 saturated carbocycles. The summed E-state index contributed by atoms with van der Waals surface area (Å²) in [6, 6.07) is 15.5. The third-order valence-electron chi connectivity index (χ3n) is 4.97. The van der Waals surface area contributed by atoms with Crippen LogP contribution in [0.5, 0.6) is 5.75 Å². The van der Waals surface area contributed by atoms with Gasteiger partial charge in [0.15, 0.2) is 5.65 Å². The minimum Gasteiger partial charge on any atom is -0.495 e. The first-order valence-corrected chi connectivity index (χ1v) is 9.36. The van der Waals surface area contributed by atoms with E-state index in [-0.39, 0.29) is 5.91 Å². The lowest BCUT2D eigenvalue weighted by molar-refractivity contribution is 0.102. The largest absolute Gasteiger partial charge is 0.495 e. The normalized spacial score (nSPS) is 10.9. The zero-order chi connectivity index (χ0) is 20.5. The van der Waals surface area contributed by atoms with Crippen LogP contribution in [0.4, 0.5) is 5.69 Å². The summed E-state index contributed by atoms with van der Waals surface area (Å²) >= 11 is 0. The van der Waals surface area contributed by atoms with E-state index >= 15 is 0 Å². The number of amides is 1. The number of nitrogens with one attached hydrogen (secondary N) is 1. The van der Waals surface area contributed by atoms with E-state index in [2.05, 4.69) is 40.5 Å². The highest BCUT2D eigenvalue weighted by Crippen LogP contribution is 2.29. The zero-order valence-corrected chi connectivity index (χ0v) is 16.9. The molecule has 0 aliphatic heterocycles. The van der Waals surface area contributed by atoms with Gasteiger partial charge in [0.05, 0.1) is 29.7 Å². The number of hydrogen-bond donors (Lipinski definition) is 1. The van der Waals surface area contributed by atoms with E-state index in [1.807, 2.05) is 32.0 Å². The van der Waals surface area contributed by atoms with Crippen LogP contribution in [-0.2, 0) is 0 Å². The summed E-state index contributed by atoms with van der Waals surface area (Å²) in [6.07, 6.45) is 1.61. The Kier molecular flexibility index (Phi) is 4.76. The highest BCUT2D eigenvalue weighted by atomic mass is 16.5. The second-order valence-corrected chi connectivity index (χ2v) is 6.98. The van der Waals surface area contributed by atoms with Crippen LogP contribution in [0, 0.1) is 20.8 Å². The molecule has 6 nitrogen and oxygen atoms in total. The van der Waals surface area contributed by atoms with Gasteiger partial charge in [0.2, 0.25) is 0 Å². The molecule has 4 aromatic rings. The molecule has 1 amide bonds. The third-order valence-corrected chi connectivity index (χ3v) is 4.97. The van der Waals surface area contributed by atoms with E-state index in [1.165, 1.54) is 5.56 Å². The molecule has 2 heterocycles. The fourth-order valence-electron chi connectivity index (χ4n) is 3.50. The number of carbonyl (C=O) groups is 1. The van der Waals surface area contributed by atoms with Crippen molar-refractivity contribution in [3.05, 3.63) is 77.2 Å². The standard InChI is InChI=1S/C23H22N4O2/c1-14-8-7-9-17(12-14)21-15(2)26-27-16(3)18(13-24-22(21)27)23(28)25-19-10-5-6-11-20(19)29-4/h5-13H,1-4H3,(H,25,28). The highest BCUT2D eigenvalue weighted by molar-refractivity contribution is 6.05. The van der Waals surface area contributed by atoms with Crippen LogP contribution >= 0.6 is 0 Å². The summed E-state index contributed by atoms with van der Waals surface area (Å²) in [5.74, 6) is 0.343. The Balaban J connectivity index is 1.76. The van der Waals surface area contributed by atoms with Gasteiger partial charge < -0.3 is 10.1 Å². The topological polar surface area (TPSA) is 68.5 Å². The van der Waals surface area contributed by atoms with Crippen LogP contribution in [-0.4, -0.2) is 27.6 Å². The average molecular weight is 386 g/mol. The Morgan fingerprint density at radius 3 is 2.62 bits per heavy atom. The summed E-state index contributed by atoms with van der Waals surface area (Å²) in [5, 5.41) is 7.55. The van der Waals surface area contributed by atoms with Gasteiger partial charge >= 0.3 is 0 Å². The molecule has 6 heteroatoms. The Labute approximate surface area is 169 Å². The maximum atomic E-state index is 12.9. The Morgan fingerprint density at radius 1 is 1.07 bits per heavy atom. The highest BCUT2D eigenvalue weighted by Gasteiger charge is 2.19. The van der Waals surface area contributed by atoms with Gasteiger partial charge in [0.25, 0.3) is 5.91 Å². The summed E-state index contributed by atoms with van der Waals surface area (Å²) in [5.41, 5.74) is 6.62. The van der Waals surface area contributed by atoms with Gasteiger partial charge in [-0.2, -0.15) is 5.10 Å². The first kappa shape index (κ1) is 18.7. The maximum absolute atomic E-state index is 12.9. The van der Waals surface area contributed by atoms with Crippen molar-refractivity contribution in [3.63, 3.8) is 0 Å². The summed E-state index contributed by atoms with van der Waals surface area (Å²) in [4.78, 5) is 17.5. The molecule has 0 fully saturated rings. The van der Waals surface area contributed by atoms with Crippen LogP contribution in [0.1, 0.15) is 27.3 Å². The first-order chi connectivity index (χ1) is 14.0. The number of aryl methyl sites for hydroxylation is 3. The smallest absolute Gasteiger partial charge is 0.259 e. The lowest BCUT2D eigenvalue weighted by atomic mass is 10.0. The van der Waals surface area contributed by atoms with E-state index < -0.39 is 0 Å². The molecule has 4 rings (SSSR count). The maximum Gasteiger partial charge on any atom is 0.259 e. The number of hydrogen-bond acceptors (Lipinski definition) is 4. The Bertz CT molecular complexity index is 1230. The molecule has 2 aromatic carbocycles. The molecule has 0 aliphatic carbocycles. The van der Waals surface area contributed by atoms with Gasteiger partial charge in [-0.25, -0.2) is 9.50 Å². The minimum absolute atomic E-state index is 0.258. The summed E-state index contributed by atoms with van der Waals surface area (Å²) in [7, 11) is 1.57. The van der Waals surface area contributed by atoms with E-state index in [4.69, 9.17) is 4.74 Å². The SMILES string of the molecule is COc1ccccc1NC(=O)c1cnc2c(-c3cccc(C)c3)c(C)nn2c1C. The number of methoxy groups -OCH3 is 1. The van der Waals surface area contributed by atoms with Gasteiger partial charge in [-0.15, -0.1) is 0 Å². The predicted molar refractivity (Wildman–Crippen MR) is 114 cm³/mol. The zero-order valence-electron chi connectivity index (χ0n) is 16.9. The molecule has 0 spiro atoms. The van der Waals surface area contributed by atoms with Crippen LogP contribution in [0.15, 0.2) is 54.7 Å². The van der Waals surface area contributed by atoms with Crippen molar-refractivity contribution >= 4 is 17.2 Å². The number of carbonyl (C=O) groups excluding carboxylic acids is 1. The van der Waals surface area contributed by atoms with E-state index in [1.54, 1.807) is 30.0 Å². The molecule has 29 heavy (non-hydrogen) atoms. The van der Waals surface area contributed by atoms with Gasteiger partial charge in [0, 0.05) is 11.8 Å². The molecular formula is C23H22N4O2. The predicted octanol–water partition coefficient (Wildman–Crippen LogP) is 4.58. The van der Waals surface area contributed by atoms with Crippen LogP contribution in [0.3, 0.4) is 0 Å². The number of fused-ring (bicyclic) bond motifs is 1. The van der Waals surface area contributed by atoms with Crippen LogP contribution in [0.25, 0.3) is 16.8 Å². The lowest BCUT2D eigenvalue weighted by Gasteiger charge is -2.11. The second-order valence-electron chi connectivity index (χ2n) is 6.98. The molecule has 1 N–H and O–H groups in total. The van der Waals surface area contributed by atoms with Crippen molar-refractivity contribution in [1.82, 2.24) is 14.6 Å². The molecule has 0 unspecified atom stereocenters. The molecule has 0 saturated heterocycles. The van der Waals surface area contributed by atoms with Crippen LogP contribution < -0.4 is 10.1 Å². The summed E-state index contributed by atoms with van der Waals surface area (Å²) < 4.78 is 7.05. The lowest BCUT2D eigenvalue weighted by Crippen LogP contribution is -2.16.